The van der Waals surface area contributed by atoms with Gasteiger partial charge >= 0.3 is 0 Å². The van der Waals surface area contributed by atoms with Crippen LogP contribution < -0.4 is 5.32 Å². The monoisotopic (exact) mass is 265 g/mol. The lowest BCUT2D eigenvalue weighted by molar-refractivity contribution is 0.872. The largest absolute Gasteiger partial charge is 0.379 e. The quantitative estimate of drug-likeness (QED) is 0.715. The van der Waals surface area contributed by atoms with Crippen LogP contribution in [-0.4, -0.2) is 6.04 Å². The normalized spacial score (nSPS) is 19.2. The van der Waals surface area contributed by atoms with Gasteiger partial charge in [-0.05, 0) is 43.0 Å². The van der Waals surface area contributed by atoms with E-state index >= 15 is 0 Å². The van der Waals surface area contributed by atoms with E-state index in [2.05, 4.69) is 79.9 Å². The molecule has 1 atom stereocenters. The van der Waals surface area contributed by atoms with Gasteiger partial charge in [0.05, 0.1) is 0 Å². The van der Waals surface area contributed by atoms with Crippen molar-refractivity contribution < 1.29 is 0 Å². The zero-order valence-corrected chi connectivity index (χ0v) is 12.3. The maximum absolute atomic E-state index is 3.54. The summed E-state index contributed by atoms with van der Waals surface area (Å²) in [6, 6.07) is 10.8. The number of para-hydroxylation sites is 1. The van der Waals surface area contributed by atoms with Crippen LogP contribution in [0.15, 0.2) is 77.9 Å². The molecule has 1 nitrogen and oxygen atoms in total. The Hall–Kier alpha value is -2.02. The van der Waals surface area contributed by atoms with Crippen LogP contribution >= 0.6 is 0 Å². The molecule has 1 aromatic carbocycles. The van der Waals surface area contributed by atoms with Gasteiger partial charge in [0.15, 0.2) is 0 Å². The lowest BCUT2D eigenvalue weighted by atomic mass is 9.95. The summed E-state index contributed by atoms with van der Waals surface area (Å²) in [5, 5.41) is 3.54. The summed E-state index contributed by atoms with van der Waals surface area (Å²) in [6.45, 7) is 4.26. The molecule has 1 unspecified atom stereocenters. The van der Waals surface area contributed by atoms with Crippen molar-refractivity contribution in [1.29, 1.82) is 0 Å². The van der Waals surface area contributed by atoms with Gasteiger partial charge in [0.25, 0.3) is 0 Å². The van der Waals surface area contributed by atoms with E-state index in [9.17, 15) is 0 Å². The topological polar surface area (TPSA) is 12.0 Å². The summed E-state index contributed by atoms with van der Waals surface area (Å²) in [4.78, 5) is 0. The van der Waals surface area contributed by atoms with Gasteiger partial charge in [0.1, 0.15) is 0 Å². The van der Waals surface area contributed by atoms with Crippen LogP contribution in [0.25, 0.3) is 0 Å². The molecule has 1 N–H and O–H groups in total. The lowest BCUT2D eigenvalue weighted by Gasteiger charge is -2.19. The molecule has 2 rings (SSSR count). The van der Waals surface area contributed by atoms with E-state index < -0.39 is 0 Å². The van der Waals surface area contributed by atoms with E-state index in [1.807, 2.05) is 6.07 Å². The standard InChI is InChI=1S/C19H23N/c1-3-5-9-16(4-2)17-12-14-19(15-13-17)20-18-10-7-6-8-11-18/h3,5-14,19-20H,4,15H2,1-2H3/b5-3-,16-9+. The van der Waals surface area contributed by atoms with Crippen LogP contribution in [0.3, 0.4) is 0 Å². The van der Waals surface area contributed by atoms with Gasteiger partial charge in [-0.1, -0.05) is 61.6 Å². The van der Waals surface area contributed by atoms with E-state index in [-0.39, 0.29) is 0 Å². The molecular weight excluding hydrogens is 242 g/mol. The minimum atomic E-state index is 0.390. The predicted octanol–water partition coefficient (Wildman–Crippen LogP) is 5.27. The summed E-state index contributed by atoms with van der Waals surface area (Å²) in [5.41, 5.74) is 3.94. The highest BCUT2D eigenvalue weighted by Gasteiger charge is 2.09. The second-order valence-electron chi connectivity index (χ2n) is 4.94. The molecule has 1 heteroatoms. The molecule has 0 aromatic heterocycles. The van der Waals surface area contributed by atoms with Gasteiger partial charge in [0, 0.05) is 11.7 Å². The number of hydrogen-bond acceptors (Lipinski definition) is 1. The molecule has 0 heterocycles. The van der Waals surface area contributed by atoms with Gasteiger partial charge in [-0.15, -0.1) is 0 Å². The first-order valence-electron chi connectivity index (χ1n) is 7.35. The molecule has 0 saturated heterocycles. The van der Waals surface area contributed by atoms with Gasteiger partial charge in [0.2, 0.25) is 0 Å². The van der Waals surface area contributed by atoms with Gasteiger partial charge in [-0.2, -0.15) is 0 Å². The molecule has 0 aliphatic heterocycles. The summed E-state index contributed by atoms with van der Waals surface area (Å²) in [6.07, 6.45) is 15.3. The fourth-order valence-electron chi connectivity index (χ4n) is 2.34. The Morgan fingerprint density at radius 2 is 2.10 bits per heavy atom. The van der Waals surface area contributed by atoms with Crippen LogP contribution in [0.4, 0.5) is 5.69 Å². The molecule has 1 aromatic rings. The van der Waals surface area contributed by atoms with Crippen molar-refractivity contribution in [2.24, 2.45) is 0 Å². The first-order chi connectivity index (χ1) is 9.83. The number of anilines is 1. The SMILES string of the molecule is C/C=C\C=C(/CC)C1=CCC(Nc2ccccc2)C=C1. The molecule has 0 bridgehead atoms. The molecule has 1 aliphatic rings. The molecule has 104 valence electrons. The molecule has 0 fully saturated rings. The average Bonchev–Trinajstić information content (AvgIpc) is 2.50. The molecule has 0 spiro atoms. The zero-order valence-electron chi connectivity index (χ0n) is 12.3. The smallest absolute Gasteiger partial charge is 0.0482 e. The van der Waals surface area contributed by atoms with E-state index in [0.29, 0.717) is 6.04 Å². The van der Waals surface area contributed by atoms with Crippen LogP contribution in [0.2, 0.25) is 0 Å². The Bertz CT molecular complexity index is 532. The van der Waals surface area contributed by atoms with Crippen molar-refractivity contribution in [2.75, 3.05) is 5.32 Å². The minimum Gasteiger partial charge on any atom is -0.379 e. The first-order valence-corrected chi connectivity index (χ1v) is 7.35. The third-order valence-electron chi connectivity index (χ3n) is 3.47. The summed E-state index contributed by atoms with van der Waals surface area (Å²) in [7, 11) is 0. The third kappa shape index (κ3) is 3.99. The average molecular weight is 265 g/mol. The van der Waals surface area contributed by atoms with Crippen molar-refractivity contribution in [3.63, 3.8) is 0 Å². The van der Waals surface area contributed by atoms with Crippen molar-refractivity contribution in [3.8, 4) is 0 Å². The van der Waals surface area contributed by atoms with Crippen molar-refractivity contribution in [3.05, 3.63) is 77.9 Å². The second-order valence-corrected chi connectivity index (χ2v) is 4.94. The molecule has 20 heavy (non-hydrogen) atoms. The van der Waals surface area contributed by atoms with Gasteiger partial charge in [-0.25, -0.2) is 0 Å². The van der Waals surface area contributed by atoms with Crippen molar-refractivity contribution in [1.82, 2.24) is 0 Å². The Labute approximate surface area is 122 Å². The highest BCUT2D eigenvalue weighted by Crippen LogP contribution is 2.22. The number of benzene rings is 1. The maximum atomic E-state index is 3.54. The van der Waals surface area contributed by atoms with E-state index in [0.717, 1.165) is 12.8 Å². The number of allylic oxidation sites excluding steroid dienone is 6. The Morgan fingerprint density at radius 1 is 1.30 bits per heavy atom. The number of hydrogen-bond donors (Lipinski definition) is 1. The van der Waals surface area contributed by atoms with Crippen molar-refractivity contribution >= 4 is 5.69 Å². The van der Waals surface area contributed by atoms with Crippen molar-refractivity contribution in [2.45, 2.75) is 32.7 Å². The summed E-state index contributed by atoms with van der Waals surface area (Å²) < 4.78 is 0. The zero-order chi connectivity index (χ0) is 14.2. The van der Waals surface area contributed by atoms with E-state index in [1.165, 1.54) is 16.8 Å². The van der Waals surface area contributed by atoms with Crippen LogP contribution in [-0.2, 0) is 0 Å². The predicted molar refractivity (Wildman–Crippen MR) is 88.9 cm³/mol. The summed E-state index contributed by atoms with van der Waals surface area (Å²) in [5.74, 6) is 0. The highest BCUT2D eigenvalue weighted by atomic mass is 14.9. The number of nitrogens with one attached hydrogen (secondary N) is 1. The van der Waals surface area contributed by atoms with Crippen LogP contribution in [0.1, 0.15) is 26.7 Å². The second kappa shape index (κ2) is 7.54. The Balaban J connectivity index is 1.99. The molecule has 1 aliphatic carbocycles. The minimum absolute atomic E-state index is 0.390. The first kappa shape index (κ1) is 14.4. The van der Waals surface area contributed by atoms with E-state index in [4.69, 9.17) is 0 Å². The number of rotatable bonds is 5. The molecular formula is C19H23N. The van der Waals surface area contributed by atoms with Crippen LogP contribution in [0.5, 0.6) is 0 Å². The summed E-state index contributed by atoms with van der Waals surface area (Å²) >= 11 is 0. The third-order valence-corrected chi connectivity index (χ3v) is 3.47. The Morgan fingerprint density at radius 3 is 2.70 bits per heavy atom. The van der Waals surface area contributed by atoms with Crippen LogP contribution in [0, 0.1) is 0 Å². The fourth-order valence-corrected chi connectivity index (χ4v) is 2.34. The van der Waals surface area contributed by atoms with Gasteiger partial charge < -0.3 is 5.32 Å². The lowest BCUT2D eigenvalue weighted by Crippen LogP contribution is -2.18. The molecule has 0 amide bonds. The molecule has 0 saturated carbocycles. The highest BCUT2D eigenvalue weighted by molar-refractivity contribution is 5.48. The Kier molecular flexibility index (Phi) is 5.43. The van der Waals surface area contributed by atoms with Gasteiger partial charge in [-0.3, -0.25) is 0 Å². The maximum Gasteiger partial charge on any atom is 0.0482 e. The fraction of sp³-hybridized carbons (Fsp3) is 0.263. The van der Waals surface area contributed by atoms with E-state index in [1.54, 1.807) is 0 Å². The molecule has 0 radical (unpaired) electrons.